The number of hydrogen-bond acceptors (Lipinski definition) is 2. The van der Waals surface area contributed by atoms with Gasteiger partial charge >= 0.3 is 6.21 Å². The molecule has 5 heteroatoms. The summed E-state index contributed by atoms with van der Waals surface area (Å²) >= 11 is 3.24. The summed E-state index contributed by atoms with van der Waals surface area (Å²) in [5.41, 5.74) is 8.61. The Kier molecular flexibility index (Phi) is 3.56. The average Bonchev–Trinajstić information content (AvgIpc) is 2.18. The second-order valence-corrected chi connectivity index (χ2v) is 3.31. The Hall–Kier alpha value is -1.45. The molecule has 0 heterocycles. The molecule has 0 radical (unpaired) electrons. The van der Waals surface area contributed by atoms with Crippen LogP contribution in [0.1, 0.15) is 10.4 Å². The lowest BCUT2D eigenvalue weighted by molar-refractivity contribution is 0.00234. The molecule has 0 N–H and O–H groups in total. The maximum Gasteiger partial charge on any atom is 0.328 e. The monoisotopic (exact) mass is 254 g/mol. The predicted octanol–water partition coefficient (Wildman–Crippen LogP) is 1.94. The molecule has 0 aliphatic rings. The summed E-state index contributed by atoms with van der Waals surface area (Å²) in [6.45, 7) is 0. The summed E-state index contributed by atoms with van der Waals surface area (Å²) in [7, 11) is 1.54. The first-order chi connectivity index (χ1) is 6.69. The number of rotatable bonds is 3. The summed E-state index contributed by atoms with van der Waals surface area (Å²) in [6.07, 6.45) is 0.842. The van der Waals surface area contributed by atoms with Crippen LogP contribution in [0, 0.1) is 0 Å². The van der Waals surface area contributed by atoms with Gasteiger partial charge in [-0.1, -0.05) is 0 Å². The highest BCUT2D eigenvalue weighted by Gasteiger charge is 2.09. The largest absolute Gasteiger partial charge is 0.496 e. The SMILES string of the molecule is COc1ccc(C(=O)C=[N+]=[N-])cc1Br. The molecule has 0 aromatic heterocycles. The van der Waals surface area contributed by atoms with E-state index in [0.717, 1.165) is 6.21 Å². The quantitative estimate of drug-likeness (QED) is 0.358. The van der Waals surface area contributed by atoms with Crippen LogP contribution in [0.3, 0.4) is 0 Å². The lowest BCUT2D eigenvalue weighted by Gasteiger charge is -2.02. The molecule has 0 amide bonds. The van der Waals surface area contributed by atoms with E-state index in [4.69, 9.17) is 10.3 Å². The molecule has 0 saturated carbocycles. The Balaban J connectivity index is 3.08. The van der Waals surface area contributed by atoms with Crippen LogP contribution >= 0.6 is 15.9 Å². The Bertz CT molecular complexity index is 411. The van der Waals surface area contributed by atoms with Crippen LogP contribution in [0.25, 0.3) is 5.53 Å². The van der Waals surface area contributed by atoms with Crippen LogP contribution in [0.4, 0.5) is 0 Å². The Morgan fingerprint density at radius 2 is 2.36 bits per heavy atom. The zero-order valence-electron chi connectivity index (χ0n) is 7.40. The second-order valence-electron chi connectivity index (χ2n) is 2.46. The van der Waals surface area contributed by atoms with Gasteiger partial charge in [-0.2, -0.15) is 4.79 Å². The molecule has 0 saturated heterocycles. The van der Waals surface area contributed by atoms with Crippen molar-refractivity contribution in [2.75, 3.05) is 7.11 Å². The minimum atomic E-state index is -0.365. The fourth-order valence-electron chi connectivity index (χ4n) is 0.947. The number of Topliss-reactive ketones (excluding diaryl/α,β-unsaturated/α-hetero) is 1. The van der Waals surface area contributed by atoms with Gasteiger partial charge in [-0.3, -0.25) is 4.79 Å². The van der Waals surface area contributed by atoms with E-state index >= 15 is 0 Å². The van der Waals surface area contributed by atoms with E-state index < -0.39 is 0 Å². The molecule has 0 spiro atoms. The summed E-state index contributed by atoms with van der Waals surface area (Å²) in [6, 6.07) is 4.85. The number of benzene rings is 1. The Morgan fingerprint density at radius 3 is 2.86 bits per heavy atom. The Morgan fingerprint density at radius 1 is 1.64 bits per heavy atom. The van der Waals surface area contributed by atoms with Gasteiger partial charge in [0.25, 0.3) is 5.78 Å². The van der Waals surface area contributed by atoms with E-state index in [9.17, 15) is 4.79 Å². The summed E-state index contributed by atoms with van der Waals surface area (Å²) in [4.78, 5) is 13.9. The first-order valence-electron chi connectivity index (χ1n) is 3.74. The predicted molar refractivity (Wildman–Crippen MR) is 54.7 cm³/mol. The molecule has 0 unspecified atom stereocenters. The third-order valence-corrected chi connectivity index (χ3v) is 2.23. The van der Waals surface area contributed by atoms with Gasteiger partial charge in [-0.25, -0.2) is 0 Å². The van der Waals surface area contributed by atoms with Crippen molar-refractivity contribution in [2.45, 2.75) is 0 Å². The van der Waals surface area contributed by atoms with Crippen molar-refractivity contribution in [3.05, 3.63) is 33.8 Å². The van der Waals surface area contributed by atoms with Crippen LogP contribution in [0.15, 0.2) is 22.7 Å². The third-order valence-electron chi connectivity index (χ3n) is 1.61. The van der Waals surface area contributed by atoms with Crippen molar-refractivity contribution >= 4 is 27.9 Å². The van der Waals surface area contributed by atoms with Crippen LogP contribution < -0.4 is 4.74 Å². The molecule has 0 fully saturated rings. The fraction of sp³-hybridized carbons (Fsp3) is 0.111. The minimum Gasteiger partial charge on any atom is -0.496 e. The first-order valence-corrected chi connectivity index (χ1v) is 4.53. The zero-order chi connectivity index (χ0) is 10.6. The normalized spacial score (nSPS) is 9.00. The highest BCUT2D eigenvalue weighted by atomic mass is 79.9. The molecule has 1 aromatic rings. The molecule has 14 heavy (non-hydrogen) atoms. The van der Waals surface area contributed by atoms with E-state index in [0.29, 0.717) is 15.8 Å². The number of carbonyl (C=O) groups excluding carboxylic acids is 1. The minimum absolute atomic E-state index is 0.365. The molecule has 0 aliphatic heterocycles. The summed E-state index contributed by atoms with van der Waals surface area (Å²) in [5.74, 6) is 0.276. The van der Waals surface area contributed by atoms with Crippen molar-refractivity contribution in [3.8, 4) is 5.75 Å². The number of methoxy groups -OCH3 is 1. The topological polar surface area (TPSA) is 62.7 Å². The van der Waals surface area contributed by atoms with Gasteiger partial charge in [0.05, 0.1) is 11.6 Å². The summed E-state index contributed by atoms with van der Waals surface area (Å²) < 4.78 is 5.68. The van der Waals surface area contributed by atoms with Crippen molar-refractivity contribution in [1.29, 1.82) is 0 Å². The van der Waals surface area contributed by atoms with Gasteiger partial charge in [0.1, 0.15) is 5.75 Å². The third kappa shape index (κ3) is 2.28. The highest BCUT2D eigenvalue weighted by molar-refractivity contribution is 9.10. The van der Waals surface area contributed by atoms with E-state index in [-0.39, 0.29) is 5.78 Å². The maximum absolute atomic E-state index is 11.2. The van der Waals surface area contributed by atoms with E-state index in [1.807, 2.05) is 0 Å². The summed E-state index contributed by atoms with van der Waals surface area (Å²) in [5, 5.41) is 0. The van der Waals surface area contributed by atoms with E-state index in [1.165, 1.54) is 7.11 Å². The number of ether oxygens (including phenoxy) is 1. The standard InChI is InChI=1S/C9H7BrN2O2/c1-14-9-3-2-6(4-7(9)10)8(13)5-12-11/h2-5H,1H3. The number of halogens is 1. The molecule has 0 bridgehead atoms. The number of nitrogens with zero attached hydrogens (tertiary/aromatic N) is 2. The number of carbonyl (C=O) groups is 1. The molecule has 0 atom stereocenters. The maximum atomic E-state index is 11.2. The zero-order valence-corrected chi connectivity index (χ0v) is 8.98. The smallest absolute Gasteiger partial charge is 0.328 e. The van der Waals surface area contributed by atoms with Crippen molar-refractivity contribution in [3.63, 3.8) is 0 Å². The highest BCUT2D eigenvalue weighted by Crippen LogP contribution is 2.25. The molecular formula is C9H7BrN2O2. The van der Waals surface area contributed by atoms with Gasteiger partial charge in [0, 0.05) is 5.56 Å². The van der Waals surface area contributed by atoms with Crippen LogP contribution in [-0.4, -0.2) is 23.9 Å². The second kappa shape index (κ2) is 4.69. The van der Waals surface area contributed by atoms with Gasteiger partial charge in [0.15, 0.2) is 0 Å². The van der Waals surface area contributed by atoms with Crippen LogP contribution in [0.2, 0.25) is 0 Å². The molecule has 72 valence electrons. The first kappa shape index (κ1) is 10.6. The van der Waals surface area contributed by atoms with E-state index in [1.54, 1.807) is 18.2 Å². The molecule has 1 rings (SSSR count). The average molecular weight is 255 g/mol. The molecule has 0 aliphatic carbocycles. The Labute approximate surface area is 89.3 Å². The number of hydrogen-bond donors (Lipinski definition) is 0. The van der Waals surface area contributed by atoms with Gasteiger partial charge < -0.3 is 10.3 Å². The lowest BCUT2D eigenvalue weighted by atomic mass is 10.1. The van der Waals surface area contributed by atoms with Crippen LogP contribution in [0.5, 0.6) is 5.75 Å². The van der Waals surface area contributed by atoms with Crippen molar-refractivity contribution < 1.29 is 14.3 Å². The van der Waals surface area contributed by atoms with Gasteiger partial charge in [-0.15, -0.1) is 0 Å². The fourth-order valence-corrected chi connectivity index (χ4v) is 1.49. The van der Waals surface area contributed by atoms with Gasteiger partial charge in [0.2, 0.25) is 0 Å². The number of ketones is 1. The molecule has 1 aromatic carbocycles. The lowest BCUT2D eigenvalue weighted by Crippen LogP contribution is -2.00. The van der Waals surface area contributed by atoms with Gasteiger partial charge in [-0.05, 0) is 34.1 Å². The molecule has 4 nitrogen and oxygen atoms in total. The molecular weight excluding hydrogens is 248 g/mol. The van der Waals surface area contributed by atoms with Crippen molar-refractivity contribution in [2.24, 2.45) is 0 Å². The van der Waals surface area contributed by atoms with Crippen molar-refractivity contribution in [1.82, 2.24) is 0 Å². The van der Waals surface area contributed by atoms with Crippen LogP contribution in [-0.2, 0) is 0 Å². The van der Waals surface area contributed by atoms with E-state index in [2.05, 4.69) is 20.7 Å².